The van der Waals surface area contributed by atoms with E-state index in [0.717, 1.165) is 0 Å². The SMILES string of the molecule is CN(CCOc1cccc(Cl)c1)C(=O)c1ccc(S(=O)(=O)N2CCOCC2)cc1. The maximum Gasteiger partial charge on any atom is 0.253 e. The van der Waals surface area contributed by atoms with Gasteiger partial charge in [0.05, 0.1) is 24.7 Å². The molecule has 2 aromatic rings. The van der Waals surface area contributed by atoms with Gasteiger partial charge in [0.25, 0.3) is 5.91 Å². The van der Waals surface area contributed by atoms with Crippen LogP contribution in [0.1, 0.15) is 10.4 Å². The van der Waals surface area contributed by atoms with Gasteiger partial charge in [-0.1, -0.05) is 17.7 Å². The second-order valence-corrected chi connectivity index (χ2v) is 8.95. The molecule has 7 nitrogen and oxygen atoms in total. The molecule has 0 atom stereocenters. The zero-order chi connectivity index (χ0) is 20.9. The van der Waals surface area contributed by atoms with E-state index in [2.05, 4.69) is 0 Å². The topological polar surface area (TPSA) is 76.2 Å². The van der Waals surface area contributed by atoms with Crippen molar-refractivity contribution in [3.8, 4) is 5.75 Å². The Balaban J connectivity index is 1.57. The Morgan fingerprint density at radius 2 is 1.86 bits per heavy atom. The van der Waals surface area contributed by atoms with Crippen molar-refractivity contribution in [2.45, 2.75) is 4.90 Å². The zero-order valence-electron chi connectivity index (χ0n) is 16.1. The normalized spacial score (nSPS) is 15.1. The third-order valence-corrected chi connectivity index (χ3v) is 6.70. The highest BCUT2D eigenvalue weighted by atomic mass is 35.5. The van der Waals surface area contributed by atoms with Gasteiger partial charge in [0.1, 0.15) is 12.4 Å². The number of carbonyl (C=O) groups is 1. The van der Waals surface area contributed by atoms with Crippen LogP contribution in [0.15, 0.2) is 53.4 Å². The van der Waals surface area contributed by atoms with Crippen LogP contribution in [0.5, 0.6) is 5.75 Å². The van der Waals surface area contributed by atoms with Crippen molar-refractivity contribution in [2.24, 2.45) is 0 Å². The number of nitrogens with zero attached hydrogens (tertiary/aromatic N) is 2. The Labute approximate surface area is 175 Å². The smallest absolute Gasteiger partial charge is 0.253 e. The molecule has 0 aliphatic carbocycles. The standard InChI is InChI=1S/C20H23ClN2O5S/c1-22(9-14-28-18-4-2-3-17(21)15-18)20(24)16-5-7-19(8-6-16)29(25,26)23-10-12-27-13-11-23/h2-8,15H,9-14H2,1H3. The first kappa shape index (κ1) is 21.6. The van der Waals surface area contributed by atoms with E-state index in [1.165, 1.54) is 33.5 Å². The van der Waals surface area contributed by atoms with E-state index in [1.807, 2.05) is 0 Å². The van der Waals surface area contributed by atoms with Gasteiger partial charge in [0.2, 0.25) is 10.0 Å². The third kappa shape index (κ3) is 5.48. The lowest BCUT2D eigenvalue weighted by Gasteiger charge is -2.26. The first-order valence-electron chi connectivity index (χ1n) is 9.20. The molecule has 0 spiro atoms. The molecule has 9 heteroatoms. The van der Waals surface area contributed by atoms with E-state index in [1.54, 1.807) is 31.3 Å². The number of carbonyl (C=O) groups excluding carboxylic acids is 1. The molecule has 1 saturated heterocycles. The number of hydrogen-bond acceptors (Lipinski definition) is 5. The number of rotatable bonds is 7. The highest BCUT2D eigenvalue weighted by molar-refractivity contribution is 7.89. The van der Waals surface area contributed by atoms with E-state index >= 15 is 0 Å². The van der Waals surface area contributed by atoms with Gasteiger partial charge in [-0.3, -0.25) is 4.79 Å². The Hall–Kier alpha value is -2.13. The summed E-state index contributed by atoms with van der Waals surface area (Å²) in [6.07, 6.45) is 0. The number of amides is 1. The molecule has 2 aromatic carbocycles. The fourth-order valence-electron chi connectivity index (χ4n) is 2.88. The van der Waals surface area contributed by atoms with Crippen LogP contribution in [0.25, 0.3) is 0 Å². The number of sulfonamides is 1. The van der Waals surface area contributed by atoms with Crippen LogP contribution in [-0.2, 0) is 14.8 Å². The summed E-state index contributed by atoms with van der Waals surface area (Å²) in [4.78, 5) is 14.3. The largest absolute Gasteiger partial charge is 0.492 e. The predicted molar refractivity (Wildman–Crippen MR) is 110 cm³/mol. The average molecular weight is 439 g/mol. The van der Waals surface area contributed by atoms with Gasteiger partial charge in [0, 0.05) is 30.7 Å². The van der Waals surface area contributed by atoms with Gasteiger partial charge in [-0.05, 0) is 42.5 Å². The molecular formula is C20H23ClN2O5S. The van der Waals surface area contributed by atoms with Gasteiger partial charge in [-0.2, -0.15) is 4.31 Å². The summed E-state index contributed by atoms with van der Waals surface area (Å²) >= 11 is 5.91. The molecule has 3 rings (SSSR count). The Morgan fingerprint density at radius 1 is 1.17 bits per heavy atom. The summed E-state index contributed by atoms with van der Waals surface area (Å²) in [6.45, 7) is 2.12. The molecule has 1 aliphatic rings. The molecule has 156 valence electrons. The summed E-state index contributed by atoms with van der Waals surface area (Å²) in [6, 6.07) is 13.0. The molecule has 0 aromatic heterocycles. The molecular weight excluding hydrogens is 416 g/mol. The van der Waals surface area contributed by atoms with Crippen LogP contribution in [-0.4, -0.2) is 70.0 Å². The van der Waals surface area contributed by atoms with Crippen molar-refractivity contribution in [1.29, 1.82) is 0 Å². The van der Waals surface area contributed by atoms with Crippen LogP contribution >= 0.6 is 11.6 Å². The van der Waals surface area contributed by atoms with Crippen molar-refractivity contribution in [3.05, 3.63) is 59.1 Å². The van der Waals surface area contributed by atoms with E-state index in [9.17, 15) is 13.2 Å². The average Bonchev–Trinajstić information content (AvgIpc) is 2.74. The zero-order valence-corrected chi connectivity index (χ0v) is 17.7. The van der Waals surface area contributed by atoms with E-state index in [4.69, 9.17) is 21.1 Å². The minimum absolute atomic E-state index is 0.169. The molecule has 0 radical (unpaired) electrons. The number of hydrogen-bond donors (Lipinski definition) is 0. The quantitative estimate of drug-likeness (QED) is 0.664. The number of halogens is 1. The van der Waals surface area contributed by atoms with E-state index in [0.29, 0.717) is 55.8 Å². The minimum Gasteiger partial charge on any atom is -0.492 e. The van der Waals surface area contributed by atoms with Crippen LogP contribution in [0.4, 0.5) is 0 Å². The molecule has 0 N–H and O–H groups in total. The van der Waals surface area contributed by atoms with Crippen LogP contribution in [0.3, 0.4) is 0 Å². The highest BCUT2D eigenvalue weighted by Gasteiger charge is 2.26. The van der Waals surface area contributed by atoms with Gasteiger partial charge < -0.3 is 14.4 Å². The summed E-state index contributed by atoms with van der Waals surface area (Å²) in [5.74, 6) is 0.422. The minimum atomic E-state index is -3.58. The molecule has 1 aliphatic heterocycles. The Bertz CT molecular complexity index is 944. The van der Waals surface area contributed by atoms with E-state index in [-0.39, 0.29) is 10.8 Å². The Morgan fingerprint density at radius 3 is 2.52 bits per heavy atom. The molecule has 1 heterocycles. The van der Waals surface area contributed by atoms with Gasteiger partial charge in [-0.25, -0.2) is 8.42 Å². The van der Waals surface area contributed by atoms with Crippen LogP contribution < -0.4 is 4.74 Å². The first-order chi connectivity index (χ1) is 13.9. The fraction of sp³-hybridized carbons (Fsp3) is 0.350. The summed E-state index contributed by atoms with van der Waals surface area (Å²) in [5, 5.41) is 0.582. The van der Waals surface area contributed by atoms with Crippen molar-refractivity contribution in [1.82, 2.24) is 9.21 Å². The van der Waals surface area contributed by atoms with Crippen LogP contribution in [0.2, 0.25) is 5.02 Å². The van der Waals surface area contributed by atoms with E-state index < -0.39 is 10.0 Å². The lowest BCUT2D eigenvalue weighted by Crippen LogP contribution is -2.40. The predicted octanol–water partition coefficient (Wildman–Crippen LogP) is 2.51. The van der Waals surface area contributed by atoms with Crippen molar-refractivity contribution in [2.75, 3.05) is 46.5 Å². The number of morpholine rings is 1. The summed E-state index contributed by atoms with van der Waals surface area (Å²) in [5.41, 5.74) is 0.413. The Kier molecular flexibility index (Phi) is 7.13. The lowest BCUT2D eigenvalue weighted by atomic mass is 10.2. The molecule has 0 unspecified atom stereocenters. The van der Waals surface area contributed by atoms with Crippen LogP contribution in [0, 0.1) is 0 Å². The molecule has 0 bridgehead atoms. The maximum absolute atomic E-state index is 12.7. The molecule has 29 heavy (non-hydrogen) atoms. The summed E-state index contributed by atoms with van der Waals surface area (Å²) in [7, 11) is -1.91. The first-order valence-corrected chi connectivity index (χ1v) is 11.0. The van der Waals surface area contributed by atoms with Crippen molar-refractivity contribution in [3.63, 3.8) is 0 Å². The van der Waals surface area contributed by atoms with Gasteiger partial charge in [0.15, 0.2) is 0 Å². The molecule has 0 saturated carbocycles. The van der Waals surface area contributed by atoms with Crippen molar-refractivity contribution < 1.29 is 22.7 Å². The highest BCUT2D eigenvalue weighted by Crippen LogP contribution is 2.19. The molecule has 1 amide bonds. The number of ether oxygens (including phenoxy) is 2. The lowest BCUT2D eigenvalue weighted by molar-refractivity contribution is 0.0730. The summed E-state index contributed by atoms with van der Waals surface area (Å²) < 4.78 is 37.5. The van der Waals surface area contributed by atoms with Crippen molar-refractivity contribution >= 4 is 27.5 Å². The number of likely N-dealkylation sites (N-methyl/N-ethyl adjacent to an activating group) is 1. The second kappa shape index (κ2) is 9.58. The monoisotopic (exact) mass is 438 g/mol. The fourth-order valence-corrected chi connectivity index (χ4v) is 4.47. The van der Waals surface area contributed by atoms with Gasteiger partial charge in [-0.15, -0.1) is 0 Å². The second-order valence-electron chi connectivity index (χ2n) is 6.57. The van der Waals surface area contributed by atoms with Gasteiger partial charge >= 0.3 is 0 Å². The number of benzene rings is 2. The molecule has 1 fully saturated rings. The third-order valence-electron chi connectivity index (χ3n) is 4.55. The maximum atomic E-state index is 12.7.